The molecule has 0 aliphatic heterocycles. The van der Waals surface area contributed by atoms with E-state index in [2.05, 4.69) is 91.3 Å². The van der Waals surface area contributed by atoms with Gasteiger partial charge in [0.05, 0.1) is 13.2 Å². The van der Waals surface area contributed by atoms with Gasteiger partial charge in [-0.2, -0.15) is 0 Å². The average molecular weight is 669 g/mol. The van der Waals surface area contributed by atoms with Crippen molar-refractivity contribution in [1.29, 1.82) is 0 Å². The quantitative estimate of drug-likeness (QED) is 0.0371. The minimum absolute atomic E-state index is 0.221. The molecule has 2 atom stereocenters. The van der Waals surface area contributed by atoms with Crippen LogP contribution in [0.25, 0.3) is 0 Å². The molecule has 0 fully saturated rings. The van der Waals surface area contributed by atoms with E-state index in [0.29, 0.717) is 25.7 Å². The van der Waals surface area contributed by atoms with Crippen molar-refractivity contribution < 1.29 is 34.1 Å². The number of carboxylic acid groups (broad SMARTS) is 1. The van der Waals surface area contributed by atoms with E-state index in [9.17, 15) is 19.2 Å². The number of unbranched alkanes of at least 4 members (excludes halogenated alkanes) is 3. The molecular formula is C39H60N2O7. The highest BCUT2D eigenvalue weighted by Gasteiger charge is 2.18. The predicted octanol–water partition coefficient (Wildman–Crippen LogP) is 7.36. The molecule has 0 aliphatic carbocycles. The van der Waals surface area contributed by atoms with Crippen LogP contribution in [0.15, 0.2) is 85.1 Å². The van der Waals surface area contributed by atoms with Crippen molar-refractivity contribution in [2.45, 2.75) is 122 Å². The first-order valence-corrected chi connectivity index (χ1v) is 17.5. The summed E-state index contributed by atoms with van der Waals surface area (Å²) in [7, 11) is 0. The third-order valence-electron chi connectivity index (χ3n) is 6.89. The number of aliphatic hydroxyl groups is 1. The van der Waals surface area contributed by atoms with Crippen LogP contribution in [0.1, 0.15) is 110 Å². The summed E-state index contributed by atoms with van der Waals surface area (Å²) >= 11 is 0. The number of aliphatic hydroxyl groups excluding tert-OH is 1. The van der Waals surface area contributed by atoms with Gasteiger partial charge in [-0.3, -0.25) is 14.4 Å². The van der Waals surface area contributed by atoms with Crippen LogP contribution in [-0.4, -0.2) is 59.3 Å². The highest BCUT2D eigenvalue weighted by Crippen LogP contribution is 2.13. The molecule has 0 radical (unpaired) electrons. The van der Waals surface area contributed by atoms with E-state index in [1.165, 1.54) is 0 Å². The van der Waals surface area contributed by atoms with Gasteiger partial charge in [0.25, 0.3) is 0 Å². The Bertz CT molecular complexity index is 1090. The molecule has 0 aromatic carbocycles. The minimum atomic E-state index is -1.40. The Kier molecular flexibility index (Phi) is 30.2. The van der Waals surface area contributed by atoms with Crippen LogP contribution in [0.2, 0.25) is 0 Å². The van der Waals surface area contributed by atoms with Gasteiger partial charge in [-0.15, -0.1) is 0 Å². The third-order valence-corrected chi connectivity index (χ3v) is 6.89. The minimum Gasteiger partial charge on any atom is -0.480 e. The zero-order valence-electron chi connectivity index (χ0n) is 29.2. The largest absolute Gasteiger partial charge is 0.480 e. The first kappa shape index (κ1) is 44.0. The maximum Gasteiger partial charge on any atom is 0.328 e. The number of amides is 2. The van der Waals surface area contributed by atoms with Crippen molar-refractivity contribution >= 4 is 23.8 Å². The van der Waals surface area contributed by atoms with E-state index in [-0.39, 0.29) is 30.9 Å². The molecule has 0 saturated heterocycles. The van der Waals surface area contributed by atoms with E-state index in [1.54, 1.807) is 0 Å². The van der Waals surface area contributed by atoms with Gasteiger partial charge in [0.15, 0.2) is 0 Å². The van der Waals surface area contributed by atoms with Gasteiger partial charge in [0, 0.05) is 12.8 Å². The Morgan fingerprint density at radius 1 is 0.646 bits per heavy atom. The van der Waals surface area contributed by atoms with Gasteiger partial charge < -0.3 is 25.6 Å². The van der Waals surface area contributed by atoms with Gasteiger partial charge in [0.1, 0.15) is 12.1 Å². The average Bonchev–Trinajstić information content (AvgIpc) is 3.07. The summed E-state index contributed by atoms with van der Waals surface area (Å²) in [5.74, 6) is -2.55. The first-order valence-electron chi connectivity index (χ1n) is 17.5. The fourth-order valence-corrected chi connectivity index (χ4v) is 4.25. The molecule has 9 nitrogen and oxygen atoms in total. The van der Waals surface area contributed by atoms with E-state index in [0.717, 1.165) is 64.2 Å². The SMILES string of the molecule is CC/C=C\C/C=C\C/C=C\C/C=C\CCC(=O)OC(/C=C\C/C=C\C/C=C\CC)CCCCCCC(=O)NCC(=O)NC(CO)C(=O)O. The van der Waals surface area contributed by atoms with Crippen molar-refractivity contribution in [2.75, 3.05) is 13.2 Å². The Labute approximate surface area is 288 Å². The lowest BCUT2D eigenvalue weighted by Gasteiger charge is -2.14. The lowest BCUT2D eigenvalue weighted by molar-refractivity contribution is -0.147. The molecule has 0 spiro atoms. The molecule has 9 heteroatoms. The standard InChI is InChI=1S/C39H60N2O7/c1-3-5-7-9-11-13-14-15-16-17-19-21-27-31-38(45)48-34(28-24-20-18-12-10-8-6-4-2)29-25-22-23-26-30-36(43)40-32-37(44)41-35(33-42)39(46)47/h5-8,11-13,15-16,18-19,21,24,28,34-35,42H,3-4,9-10,14,17,20,22-23,25-27,29-33H2,1-2H3,(H,40,43)(H,41,44)(H,46,47)/b7-5-,8-6-,13-11-,16-15-,18-12-,21-19-,28-24-. The summed E-state index contributed by atoms with van der Waals surface area (Å²) in [6, 6.07) is -1.40. The number of nitrogens with one attached hydrogen (secondary N) is 2. The fraction of sp³-hybridized carbons (Fsp3) is 0.538. The number of aliphatic carboxylic acids is 1. The van der Waals surface area contributed by atoms with E-state index in [1.807, 2.05) is 18.2 Å². The van der Waals surface area contributed by atoms with Crippen molar-refractivity contribution in [3.8, 4) is 0 Å². The second-order valence-electron chi connectivity index (χ2n) is 11.2. The zero-order valence-corrected chi connectivity index (χ0v) is 29.2. The van der Waals surface area contributed by atoms with Gasteiger partial charge in [-0.05, 0) is 76.7 Å². The van der Waals surface area contributed by atoms with Crippen LogP contribution < -0.4 is 10.6 Å². The lowest BCUT2D eigenvalue weighted by Crippen LogP contribution is -2.47. The van der Waals surface area contributed by atoms with Gasteiger partial charge in [0.2, 0.25) is 11.8 Å². The van der Waals surface area contributed by atoms with Crippen molar-refractivity contribution in [1.82, 2.24) is 10.6 Å². The molecule has 268 valence electrons. The highest BCUT2D eigenvalue weighted by atomic mass is 16.5. The molecular weight excluding hydrogens is 608 g/mol. The van der Waals surface area contributed by atoms with Crippen LogP contribution in [-0.2, 0) is 23.9 Å². The van der Waals surface area contributed by atoms with Gasteiger partial charge >= 0.3 is 11.9 Å². The number of hydrogen-bond acceptors (Lipinski definition) is 6. The summed E-state index contributed by atoms with van der Waals surface area (Å²) in [6.07, 6.45) is 40.7. The van der Waals surface area contributed by atoms with E-state index in [4.69, 9.17) is 14.9 Å². The monoisotopic (exact) mass is 668 g/mol. The zero-order chi connectivity index (χ0) is 35.5. The first-order chi connectivity index (χ1) is 23.3. The van der Waals surface area contributed by atoms with Crippen molar-refractivity contribution in [3.63, 3.8) is 0 Å². The number of esters is 1. The van der Waals surface area contributed by atoms with E-state index >= 15 is 0 Å². The van der Waals surface area contributed by atoms with Crippen LogP contribution in [0.4, 0.5) is 0 Å². The van der Waals surface area contributed by atoms with Crippen LogP contribution in [0.3, 0.4) is 0 Å². The molecule has 0 saturated carbocycles. The molecule has 4 N–H and O–H groups in total. The predicted molar refractivity (Wildman–Crippen MR) is 194 cm³/mol. The smallest absolute Gasteiger partial charge is 0.328 e. The van der Waals surface area contributed by atoms with Crippen LogP contribution in [0.5, 0.6) is 0 Å². The number of allylic oxidation sites excluding steroid dienone is 13. The molecule has 0 aromatic heterocycles. The van der Waals surface area contributed by atoms with E-state index < -0.39 is 24.5 Å². The summed E-state index contributed by atoms with van der Waals surface area (Å²) in [6.45, 7) is 3.15. The maximum atomic E-state index is 12.6. The molecule has 0 aromatic rings. The molecule has 48 heavy (non-hydrogen) atoms. The Morgan fingerprint density at radius 3 is 1.71 bits per heavy atom. The normalized spacial score (nSPS) is 13.6. The molecule has 2 unspecified atom stereocenters. The number of hydrogen-bond donors (Lipinski definition) is 4. The maximum absolute atomic E-state index is 12.6. The van der Waals surface area contributed by atoms with Gasteiger partial charge in [-0.25, -0.2) is 4.79 Å². The molecule has 0 rings (SSSR count). The van der Waals surface area contributed by atoms with Crippen LogP contribution >= 0.6 is 0 Å². The molecule has 0 heterocycles. The Hall–Kier alpha value is -3.98. The van der Waals surface area contributed by atoms with Crippen LogP contribution in [0, 0.1) is 0 Å². The summed E-state index contributed by atoms with van der Waals surface area (Å²) < 4.78 is 5.79. The number of carboxylic acids is 1. The Morgan fingerprint density at radius 2 is 1.17 bits per heavy atom. The summed E-state index contributed by atoms with van der Waals surface area (Å²) in [5.41, 5.74) is 0. The summed E-state index contributed by atoms with van der Waals surface area (Å²) in [4.78, 5) is 47.2. The highest BCUT2D eigenvalue weighted by molar-refractivity contribution is 5.87. The van der Waals surface area contributed by atoms with Gasteiger partial charge in [-0.1, -0.05) is 106 Å². The number of ether oxygens (including phenoxy) is 1. The number of carbonyl (C=O) groups excluding carboxylic acids is 3. The molecule has 2 amide bonds. The second-order valence-corrected chi connectivity index (χ2v) is 11.2. The lowest BCUT2D eigenvalue weighted by atomic mass is 10.1. The molecule has 0 aliphatic rings. The van der Waals surface area contributed by atoms with Crippen molar-refractivity contribution in [3.05, 3.63) is 85.1 Å². The van der Waals surface area contributed by atoms with Crippen molar-refractivity contribution in [2.24, 2.45) is 0 Å². The Balaban J connectivity index is 4.52. The number of rotatable bonds is 29. The third kappa shape index (κ3) is 29.4. The second kappa shape index (κ2) is 32.9. The topological polar surface area (TPSA) is 142 Å². The summed E-state index contributed by atoms with van der Waals surface area (Å²) in [5, 5.41) is 22.4. The number of carbonyl (C=O) groups is 4. The fourth-order valence-electron chi connectivity index (χ4n) is 4.25. The molecule has 0 bridgehead atoms.